The van der Waals surface area contributed by atoms with Crippen molar-refractivity contribution in [3.63, 3.8) is 0 Å². The quantitative estimate of drug-likeness (QED) is 0.0135. The molecule has 0 saturated carbocycles. The second-order valence-electron chi connectivity index (χ2n) is 13.7. The Balaban J connectivity index is 3.75. The van der Waals surface area contributed by atoms with Gasteiger partial charge in [0.1, 0.15) is 12.7 Å². The Morgan fingerprint density at radius 3 is 1.60 bits per heavy atom. The molecule has 10 heteroatoms. The Hall–Kier alpha value is -1.06. The number of esters is 1. The summed E-state index contributed by atoms with van der Waals surface area (Å²) in [6, 6.07) is 0. The van der Waals surface area contributed by atoms with Gasteiger partial charge in [-0.1, -0.05) is 102 Å². The number of hydrogen-bond acceptors (Lipinski definition) is 7. The standard InChI is InChI=1S/C37H72NO8P/c1-5-7-8-9-10-11-12-13-14-15-16-17-18-19-20-21-22-23-24-25-26-27-28-29-37(42)45-32-34(39)33-46-47(43,44)35(6-2)38(3,4)31-30-36(40)41/h12-13,24-25,34-36,39-41H,5-11,14-23,26-33H2,1-4H3/p+1/b13-12-,25-24-/t34-,35?/m1/s1. The summed E-state index contributed by atoms with van der Waals surface area (Å²) < 4.78 is 23.2. The number of quaternary nitrogens is 1. The van der Waals surface area contributed by atoms with E-state index >= 15 is 0 Å². The molecule has 0 aromatic heterocycles. The molecular formula is C37H73NO8P+. The molecule has 0 aliphatic rings. The fourth-order valence-corrected chi connectivity index (χ4v) is 7.68. The van der Waals surface area contributed by atoms with E-state index in [4.69, 9.17) is 19.5 Å². The molecule has 0 heterocycles. The molecule has 0 aliphatic carbocycles. The van der Waals surface area contributed by atoms with Crippen molar-refractivity contribution in [2.24, 2.45) is 0 Å². The Bertz CT molecular complexity index is 848. The fraction of sp³-hybridized carbons (Fsp3) is 0.865. The summed E-state index contributed by atoms with van der Waals surface area (Å²) in [5, 5.41) is 28.4. The molecule has 47 heavy (non-hydrogen) atoms. The van der Waals surface area contributed by atoms with Crippen molar-refractivity contribution in [3.8, 4) is 0 Å². The van der Waals surface area contributed by atoms with E-state index in [9.17, 15) is 19.4 Å². The van der Waals surface area contributed by atoms with E-state index in [-0.39, 0.29) is 30.5 Å². The number of ether oxygens (including phenoxy) is 1. The molecule has 0 aromatic carbocycles. The topological polar surface area (TPSA) is 134 Å². The summed E-state index contributed by atoms with van der Waals surface area (Å²) in [6.45, 7) is 3.53. The Morgan fingerprint density at radius 1 is 0.702 bits per heavy atom. The van der Waals surface area contributed by atoms with Gasteiger partial charge >= 0.3 is 13.6 Å². The minimum atomic E-state index is -4.14. The first kappa shape index (κ1) is 45.9. The lowest BCUT2D eigenvalue weighted by atomic mass is 10.1. The third-order valence-electron chi connectivity index (χ3n) is 8.70. The largest absolute Gasteiger partial charge is 0.463 e. The number of rotatable bonds is 33. The van der Waals surface area contributed by atoms with E-state index in [1.807, 2.05) is 0 Å². The highest BCUT2D eigenvalue weighted by Crippen LogP contribution is 2.52. The van der Waals surface area contributed by atoms with Crippen LogP contribution in [0.2, 0.25) is 0 Å². The molecule has 2 unspecified atom stereocenters. The first-order chi connectivity index (χ1) is 22.5. The van der Waals surface area contributed by atoms with Gasteiger partial charge in [0, 0.05) is 19.3 Å². The molecule has 0 spiro atoms. The number of carbonyl (C=O) groups is 1. The van der Waals surface area contributed by atoms with Crippen molar-refractivity contribution >= 4 is 13.6 Å². The molecule has 0 amide bonds. The van der Waals surface area contributed by atoms with Crippen LogP contribution in [0, 0.1) is 0 Å². The second kappa shape index (κ2) is 29.8. The number of allylic oxidation sites excluding steroid dienone is 4. The second-order valence-corrected chi connectivity index (χ2v) is 15.6. The summed E-state index contributed by atoms with van der Waals surface area (Å²) in [5.74, 6) is -1.21. The summed E-state index contributed by atoms with van der Waals surface area (Å²) in [5.41, 5.74) is 0. The molecule has 9 nitrogen and oxygen atoms in total. The average molecular weight is 691 g/mol. The average Bonchev–Trinajstić information content (AvgIpc) is 3.02. The van der Waals surface area contributed by atoms with Gasteiger partial charge in [-0.05, 0) is 57.8 Å². The van der Waals surface area contributed by atoms with Crippen LogP contribution in [0.15, 0.2) is 24.3 Å². The Kier molecular flexibility index (Phi) is 29.1. The third-order valence-corrected chi connectivity index (χ3v) is 11.0. The van der Waals surface area contributed by atoms with Crippen LogP contribution in [-0.2, 0) is 18.6 Å². The van der Waals surface area contributed by atoms with Crippen LogP contribution in [0.25, 0.3) is 0 Å². The predicted octanol–water partition coefficient (Wildman–Crippen LogP) is 8.54. The zero-order chi connectivity index (χ0) is 35.2. The van der Waals surface area contributed by atoms with Gasteiger partial charge in [0.2, 0.25) is 0 Å². The maximum atomic E-state index is 12.9. The van der Waals surface area contributed by atoms with Crippen LogP contribution < -0.4 is 0 Å². The van der Waals surface area contributed by atoms with E-state index in [0.29, 0.717) is 12.8 Å². The first-order valence-corrected chi connectivity index (χ1v) is 20.4. The summed E-state index contributed by atoms with van der Waals surface area (Å²) in [6.07, 6.45) is 30.6. The van der Waals surface area contributed by atoms with Crippen LogP contribution in [0.4, 0.5) is 0 Å². The van der Waals surface area contributed by atoms with Gasteiger partial charge in [-0.2, -0.15) is 0 Å². The normalized spacial score (nSPS) is 15.1. The molecule has 0 radical (unpaired) electrons. The van der Waals surface area contributed by atoms with E-state index in [2.05, 4.69) is 31.2 Å². The number of hydrogen-bond donors (Lipinski definition) is 4. The monoisotopic (exact) mass is 691 g/mol. The third kappa shape index (κ3) is 27.5. The SMILES string of the molecule is CCCCCCC/C=C\CCCCCCCCCC/C=C\CCCCC(=O)OC[C@@H](O)COP(=O)(O)C(CC)[N+](C)(C)CCC(O)O. The fourth-order valence-electron chi connectivity index (χ4n) is 5.76. The number of carbonyl (C=O) groups excluding carboxylic acids is 1. The van der Waals surface area contributed by atoms with Crippen molar-refractivity contribution in [3.05, 3.63) is 24.3 Å². The summed E-state index contributed by atoms with van der Waals surface area (Å²) in [7, 11) is -0.698. The lowest BCUT2D eigenvalue weighted by Crippen LogP contribution is -2.50. The van der Waals surface area contributed by atoms with Gasteiger partial charge in [0.05, 0.1) is 27.2 Å². The number of aliphatic hydroxyl groups is 3. The van der Waals surface area contributed by atoms with Crippen molar-refractivity contribution < 1.29 is 43.3 Å². The maximum absolute atomic E-state index is 12.9. The molecule has 0 aromatic rings. The highest BCUT2D eigenvalue weighted by Gasteiger charge is 2.43. The predicted molar refractivity (Wildman–Crippen MR) is 193 cm³/mol. The van der Waals surface area contributed by atoms with Crippen LogP contribution in [0.5, 0.6) is 0 Å². The van der Waals surface area contributed by atoms with Gasteiger partial charge < -0.3 is 34.0 Å². The van der Waals surface area contributed by atoms with E-state index in [1.165, 1.54) is 96.3 Å². The lowest BCUT2D eigenvalue weighted by Gasteiger charge is -2.39. The highest BCUT2D eigenvalue weighted by molar-refractivity contribution is 7.53. The zero-order valence-electron chi connectivity index (χ0n) is 30.5. The summed E-state index contributed by atoms with van der Waals surface area (Å²) in [4.78, 5) is 22.5. The molecular weight excluding hydrogens is 617 g/mol. The Labute approximate surface area is 287 Å². The van der Waals surface area contributed by atoms with Crippen LogP contribution >= 0.6 is 7.60 Å². The Morgan fingerprint density at radius 2 is 1.15 bits per heavy atom. The van der Waals surface area contributed by atoms with E-state index in [0.717, 1.165) is 19.3 Å². The van der Waals surface area contributed by atoms with Crippen molar-refractivity contribution in [1.82, 2.24) is 0 Å². The van der Waals surface area contributed by atoms with Crippen molar-refractivity contribution in [2.75, 3.05) is 33.9 Å². The number of unbranched alkanes of at least 4 members (excludes halogenated alkanes) is 16. The molecule has 0 aliphatic heterocycles. The first-order valence-electron chi connectivity index (χ1n) is 18.8. The van der Waals surface area contributed by atoms with Gasteiger partial charge in [-0.25, -0.2) is 0 Å². The smallest absolute Gasteiger partial charge is 0.385 e. The van der Waals surface area contributed by atoms with Crippen LogP contribution in [0.1, 0.15) is 155 Å². The molecule has 3 atom stereocenters. The van der Waals surface area contributed by atoms with Gasteiger partial charge in [-0.3, -0.25) is 9.36 Å². The highest BCUT2D eigenvalue weighted by atomic mass is 31.2. The van der Waals surface area contributed by atoms with Gasteiger partial charge in [0.25, 0.3) is 0 Å². The minimum absolute atomic E-state index is 0.0523. The molecule has 0 rings (SSSR count). The van der Waals surface area contributed by atoms with Crippen LogP contribution in [0.3, 0.4) is 0 Å². The lowest BCUT2D eigenvalue weighted by molar-refractivity contribution is -0.903. The van der Waals surface area contributed by atoms with Gasteiger partial charge in [-0.15, -0.1) is 0 Å². The zero-order valence-corrected chi connectivity index (χ0v) is 31.4. The maximum Gasteiger partial charge on any atom is 0.385 e. The van der Waals surface area contributed by atoms with E-state index < -0.39 is 38.3 Å². The minimum Gasteiger partial charge on any atom is -0.463 e. The molecule has 0 bridgehead atoms. The number of nitrogens with zero attached hydrogens (tertiary/aromatic N) is 1. The van der Waals surface area contributed by atoms with Gasteiger partial charge in [0.15, 0.2) is 12.1 Å². The summed E-state index contributed by atoms with van der Waals surface area (Å²) >= 11 is 0. The molecule has 0 saturated heterocycles. The van der Waals surface area contributed by atoms with E-state index in [1.54, 1.807) is 21.0 Å². The van der Waals surface area contributed by atoms with Crippen molar-refractivity contribution in [2.45, 2.75) is 173 Å². The molecule has 4 N–H and O–H groups in total. The molecule has 0 fully saturated rings. The van der Waals surface area contributed by atoms with Crippen LogP contribution in [-0.4, -0.2) is 82.7 Å². The molecule has 278 valence electrons. The number of aliphatic hydroxyl groups excluding tert-OH is 2. The van der Waals surface area contributed by atoms with Crippen molar-refractivity contribution in [1.29, 1.82) is 0 Å².